The number of hydrogen-bond acceptors (Lipinski definition) is 2. The van der Waals surface area contributed by atoms with Gasteiger partial charge in [0, 0.05) is 12.2 Å². The van der Waals surface area contributed by atoms with E-state index in [1.54, 1.807) is 0 Å². The van der Waals surface area contributed by atoms with E-state index < -0.39 is 5.82 Å². The lowest BCUT2D eigenvalue weighted by molar-refractivity contribution is 0.250. The van der Waals surface area contributed by atoms with Crippen molar-refractivity contribution in [3.63, 3.8) is 0 Å². The van der Waals surface area contributed by atoms with Crippen LogP contribution in [0.3, 0.4) is 0 Å². The fourth-order valence-corrected chi connectivity index (χ4v) is 2.96. The van der Waals surface area contributed by atoms with Crippen molar-refractivity contribution in [3.8, 4) is 5.75 Å². The summed E-state index contributed by atoms with van der Waals surface area (Å²) in [4.78, 5) is 11.8. The van der Waals surface area contributed by atoms with E-state index in [1.165, 1.54) is 23.8 Å². The van der Waals surface area contributed by atoms with E-state index in [4.69, 9.17) is 16.3 Å². The van der Waals surface area contributed by atoms with Gasteiger partial charge in [-0.05, 0) is 63.7 Å². The van der Waals surface area contributed by atoms with Crippen molar-refractivity contribution in [2.45, 2.75) is 32.6 Å². The SMILES string of the molecule is CC(C)(C)c1ccc(OCCCNC(=O)Nc2ccc(F)c(Cl)c2)c(Br)c1. The number of benzene rings is 2. The maximum Gasteiger partial charge on any atom is 0.319 e. The zero-order chi connectivity index (χ0) is 20.0. The van der Waals surface area contributed by atoms with Crippen molar-refractivity contribution in [2.24, 2.45) is 0 Å². The van der Waals surface area contributed by atoms with Crippen molar-refractivity contribution in [3.05, 3.63) is 57.3 Å². The number of ether oxygens (including phenoxy) is 1. The maximum atomic E-state index is 13.1. The second-order valence-electron chi connectivity index (χ2n) is 7.11. The zero-order valence-electron chi connectivity index (χ0n) is 15.5. The molecule has 2 aromatic rings. The van der Waals surface area contributed by atoms with E-state index in [-0.39, 0.29) is 16.5 Å². The van der Waals surface area contributed by atoms with Crippen LogP contribution in [0.15, 0.2) is 40.9 Å². The van der Waals surface area contributed by atoms with Gasteiger partial charge in [0.1, 0.15) is 11.6 Å². The highest BCUT2D eigenvalue weighted by Crippen LogP contribution is 2.31. The molecule has 2 rings (SSSR count). The van der Waals surface area contributed by atoms with Gasteiger partial charge in [-0.15, -0.1) is 0 Å². The molecule has 27 heavy (non-hydrogen) atoms. The highest BCUT2D eigenvalue weighted by Gasteiger charge is 2.15. The molecule has 0 saturated carbocycles. The Balaban J connectivity index is 1.72. The molecule has 2 N–H and O–H groups in total. The van der Waals surface area contributed by atoms with E-state index in [1.807, 2.05) is 6.07 Å². The lowest BCUT2D eigenvalue weighted by Gasteiger charge is -2.20. The van der Waals surface area contributed by atoms with Gasteiger partial charge in [0.05, 0.1) is 16.1 Å². The monoisotopic (exact) mass is 456 g/mol. The predicted octanol–water partition coefficient (Wildman–Crippen LogP) is 6.13. The fourth-order valence-electron chi connectivity index (χ4n) is 2.29. The molecule has 0 aliphatic carbocycles. The predicted molar refractivity (Wildman–Crippen MR) is 111 cm³/mol. The first-order valence-corrected chi connectivity index (χ1v) is 9.76. The van der Waals surface area contributed by atoms with Crippen LogP contribution in [0.5, 0.6) is 5.75 Å². The molecule has 0 bridgehead atoms. The van der Waals surface area contributed by atoms with Crippen LogP contribution in [0, 0.1) is 5.82 Å². The third-order valence-corrected chi connectivity index (χ3v) is 4.75. The summed E-state index contributed by atoms with van der Waals surface area (Å²) in [6, 6.07) is 9.70. The van der Waals surface area contributed by atoms with Gasteiger partial charge in [0.15, 0.2) is 0 Å². The van der Waals surface area contributed by atoms with Gasteiger partial charge in [0.25, 0.3) is 0 Å². The van der Waals surface area contributed by atoms with Crippen molar-refractivity contribution < 1.29 is 13.9 Å². The molecule has 2 amide bonds. The lowest BCUT2D eigenvalue weighted by atomic mass is 9.87. The molecular formula is C20H23BrClFN2O2. The van der Waals surface area contributed by atoms with Crippen LogP contribution in [0.25, 0.3) is 0 Å². The Hall–Kier alpha value is -1.79. The molecule has 0 unspecified atom stereocenters. The van der Waals surface area contributed by atoms with Crippen molar-refractivity contribution in [1.29, 1.82) is 0 Å². The lowest BCUT2D eigenvalue weighted by Crippen LogP contribution is -2.30. The number of carbonyl (C=O) groups is 1. The number of urea groups is 1. The average molecular weight is 458 g/mol. The molecule has 146 valence electrons. The van der Waals surface area contributed by atoms with Gasteiger partial charge >= 0.3 is 6.03 Å². The maximum absolute atomic E-state index is 13.1. The average Bonchev–Trinajstić information content (AvgIpc) is 2.58. The van der Waals surface area contributed by atoms with E-state index in [9.17, 15) is 9.18 Å². The van der Waals surface area contributed by atoms with Crippen LogP contribution >= 0.6 is 27.5 Å². The van der Waals surface area contributed by atoms with Crippen molar-refractivity contribution >= 4 is 39.2 Å². The minimum Gasteiger partial charge on any atom is -0.492 e. The van der Waals surface area contributed by atoms with Crippen LogP contribution in [0.2, 0.25) is 5.02 Å². The summed E-state index contributed by atoms with van der Waals surface area (Å²) in [6.07, 6.45) is 0.644. The second kappa shape index (κ2) is 9.42. The van der Waals surface area contributed by atoms with Crippen molar-refractivity contribution in [1.82, 2.24) is 5.32 Å². The van der Waals surface area contributed by atoms with Gasteiger partial charge in [-0.25, -0.2) is 9.18 Å². The number of anilines is 1. The van der Waals surface area contributed by atoms with Crippen LogP contribution < -0.4 is 15.4 Å². The molecule has 7 heteroatoms. The summed E-state index contributed by atoms with van der Waals surface area (Å²) in [5.41, 5.74) is 1.73. The van der Waals surface area contributed by atoms with Crippen LogP contribution in [0.1, 0.15) is 32.8 Å². The van der Waals surface area contributed by atoms with Gasteiger partial charge in [-0.2, -0.15) is 0 Å². The summed E-state index contributed by atoms with van der Waals surface area (Å²) in [6.45, 7) is 7.39. The molecule has 0 aliphatic rings. The standard InChI is InChI=1S/C20H23BrClFN2O2/c1-20(2,3)13-5-8-18(15(21)11-13)27-10-4-9-24-19(26)25-14-6-7-17(23)16(22)12-14/h5-8,11-12H,4,9-10H2,1-3H3,(H2,24,25,26). The van der Waals surface area contributed by atoms with Crippen molar-refractivity contribution in [2.75, 3.05) is 18.5 Å². The number of carbonyl (C=O) groups excluding carboxylic acids is 1. The van der Waals surface area contributed by atoms with E-state index >= 15 is 0 Å². The van der Waals surface area contributed by atoms with Crippen LogP contribution in [0.4, 0.5) is 14.9 Å². The molecule has 0 spiro atoms. The minimum atomic E-state index is -0.526. The van der Waals surface area contributed by atoms with Crippen LogP contribution in [-0.4, -0.2) is 19.2 Å². The molecule has 0 saturated heterocycles. The number of nitrogens with one attached hydrogen (secondary N) is 2. The molecule has 4 nitrogen and oxygen atoms in total. The largest absolute Gasteiger partial charge is 0.492 e. The Labute approximate surface area is 172 Å². The smallest absolute Gasteiger partial charge is 0.319 e. The minimum absolute atomic E-state index is 0.0377. The van der Waals surface area contributed by atoms with Gasteiger partial charge in [-0.1, -0.05) is 38.4 Å². The third kappa shape index (κ3) is 6.70. The molecule has 0 aromatic heterocycles. The Morgan fingerprint density at radius 3 is 2.59 bits per heavy atom. The molecule has 0 atom stereocenters. The van der Waals surface area contributed by atoms with E-state index in [2.05, 4.69) is 59.5 Å². The summed E-state index contributed by atoms with van der Waals surface area (Å²) in [5, 5.41) is 5.28. The Morgan fingerprint density at radius 2 is 1.96 bits per heavy atom. The quantitative estimate of drug-likeness (QED) is 0.513. The molecule has 0 heterocycles. The topological polar surface area (TPSA) is 50.4 Å². The number of hydrogen-bond donors (Lipinski definition) is 2. The van der Waals surface area contributed by atoms with Gasteiger partial charge in [0.2, 0.25) is 0 Å². The normalized spacial score (nSPS) is 11.2. The van der Waals surface area contributed by atoms with Gasteiger partial charge < -0.3 is 15.4 Å². The highest BCUT2D eigenvalue weighted by molar-refractivity contribution is 9.10. The second-order valence-corrected chi connectivity index (χ2v) is 8.37. The summed E-state index contributed by atoms with van der Waals surface area (Å²) in [7, 11) is 0. The highest BCUT2D eigenvalue weighted by atomic mass is 79.9. The first-order chi connectivity index (χ1) is 12.7. The van der Waals surface area contributed by atoms with E-state index in [0.717, 1.165) is 10.2 Å². The first-order valence-electron chi connectivity index (χ1n) is 8.59. The number of halogens is 3. The third-order valence-electron chi connectivity index (χ3n) is 3.84. The first kappa shape index (κ1) is 21.5. The Kier molecular flexibility index (Phi) is 7.50. The summed E-state index contributed by atoms with van der Waals surface area (Å²) in [5.74, 6) is 0.245. The fraction of sp³-hybridized carbons (Fsp3) is 0.350. The molecule has 0 radical (unpaired) electrons. The van der Waals surface area contributed by atoms with Gasteiger partial charge in [-0.3, -0.25) is 0 Å². The molecule has 0 aliphatic heterocycles. The van der Waals surface area contributed by atoms with Crippen LogP contribution in [-0.2, 0) is 5.41 Å². The molecule has 0 fully saturated rings. The molecule has 2 aromatic carbocycles. The Bertz CT molecular complexity index is 809. The zero-order valence-corrected chi connectivity index (χ0v) is 17.9. The summed E-state index contributed by atoms with van der Waals surface area (Å²) < 4.78 is 19.8. The summed E-state index contributed by atoms with van der Waals surface area (Å²) >= 11 is 9.22. The van der Waals surface area contributed by atoms with E-state index in [0.29, 0.717) is 25.3 Å². The molecular weight excluding hydrogens is 435 g/mol. The Morgan fingerprint density at radius 1 is 1.22 bits per heavy atom. The number of amides is 2. The number of rotatable bonds is 6.